The summed E-state index contributed by atoms with van der Waals surface area (Å²) >= 11 is 0. The fourth-order valence-electron chi connectivity index (χ4n) is 5.85. The molecule has 4 N–H and O–H groups in total. The average molecular weight is 469 g/mol. The summed E-state index contributed by atoms with van der Waals surface area (Å²) in [5, 5.41) is 6.62. The van der Waals surface area contributed by atoms with Crippen molar-refractivity contribution in [2.45, 2.75) is 44.1 Å². The lowest BCUT2D eigenvalue weighted by Crippen LogP contribution is -2.31. The Kier molecular flexibility index (Phi) is 6.00. The van der Waals surface area contributed by atoms with Gasteiger partial charge < -0.3 is 21.1 Å². The summed E-state index contributed by atoms with van der Waals surface area (Å²) < 4.78 is 5.63. The molecule has 1 amide bonds. The zero-order chi connectivity index (χ0) is 23.8. The van der Waals surface area contributed by atoms with E-state index in [1.165, 1.54) is 24.0 Å². The molecule has 1 atom stereocenters. The van der Waals surface area contributed by atoms with E-state index in [4.69, 9.17) is 10.5 Å². The minimum atomic E-state index is -0.00434. The lowest BCUT2D eigenvalue weighted by molar-refractivity contribution is 0.0850. The number of nitrogens with one attached hydrogen (secondary N) is 2. The van der Waals surface area contributed by atoms with E-state index in [0.29, 0.717) is 24.3 Å². The number of hydrogen-bond donors (Lipinski definition) is 3. The molecule has 180 valence electrons. The maximum atomic E-state index is 12.2. The van der Waals surface area contributed by atoms with E-state index in [1.54, 1.807) is 0 Å². The summed E-state index contributed by atoms with van der Waals surface area (Å²) in [4.78, 5) is 16.7. The number of hydrogen-bond acceptors (Lipinski definition) is 5. The van der Waals surface area contributed by atoms with Gasteiger partial charge in [-0.1, -0.05) is 24.3 Å². The van der Waals surface area contributed by atoms with E-state index in [2.05, 4.69) is 45.9 Å². The number of ether oxygens (including phenoxy) is 1. The Hall–Kier alpha value is -3.22. The number of amides is 1. The summed E-state index contributed by atoms with van der Waals surface area (Å²) in [6.45, 7) is 3.43. The fourth-order valence-corrected chi connectivity index (χ4v) is 5.85. The number of nitrogens with zero attached hydrogens (tertiary/aromatic N) is 1. The number of pyridine rings is 1. The highest BCUT2D eigenvalue weighted by Gasteiger charge is 2.25. The van der Waals surface area contributed by atoms with Crippen molar-refractivity contribution >= 4 is 11.7 Å². The number of fused-ring (bicyclic) bond motifs is 1. The molecule has 0 spiro atoms. The third kappa shape index (κ3) is 4.32. The minimum absolute atomic E-state index is 0.00434. The first-order valence-corrected chi connectivity index (χ1v) is 12.8. The number of rotatable bonds is 4. The standard InChI is InChI=1S/C29H32N4O2/c30-28-25(20-4-6-24-21(14-20)7-11-32-29(24)34)16-22(17-33-28)19-3-5-23(18-8-12-35-13-9-18)26(15-19)27-2-1-10-31-27/h3-6,14-18,27,31H,1-2,7-13H2,(H2,30,33)(H,32,34)/t27-/m0/s1. The predicted octanol–water partition coefficient (Wildman–Crippen LogP) is 4.60. The van der Waals surface area contributed by atoms with Gasteiger partial charge in [0.25, 0.3) is 5.91 Å². The van der Waals surface area contributed by atoms with Crippen molar-refractivity contribution in [3.8, 4) is 22.3 Å². The molecular formula is C29H32N4O2. The first-order valence-electron chi connectivity index (χ1n) is 12.8. The minimum Gasteiger partial charge on any atom is -0.383 e. The van der Waals surface area contributed by atoms with Gasteiger partial charge in [-0.25, -0.2) is 4.98 Å². The Morgan fingerprint density at radius 3 is 2.57 bits per heavy atom. The van der Waals surface area contributed by atoms with Gasteiger partial charge in [0.05, 0.1) is 0 Å². The molecule has 4 heterocycles. The van der Waals surface area contributed by atoms with E-state index in [9.17, 15) is 4.79 Å². The molecule has 0 radical (unpaired) electrons. The summed E-state index contributed by atoms with van der Waals surface area (Å²) in [5.41, 5.74) is 15.2. The van der Waals surface area contributed by atoms with E-state index in [1.807, 2.05) is 18.3 Å². The molecule has 2 aromatic carbocycles. The molecule has 3 aliphatic heterocycles. The van der Waals surface area contributed by atoms with Crippen molar-refractivity contribution < 1.29 is 9.53 Å². The molecule has 0 unspecified atom stereocenters. The zero-order valence-corrected chi connectivity index (χ0v) is 20.0. The van der Waals surface area contributed by atoms with Crippen LogP contribution in [0.3, 0.4) is 0 Å². The van der Waals surface area contributed by atoms with Crippen LogP contribution in [0.5, 0.6) is 0 Å². The average Bonchev–Trinajstić information content (AvgIpc) is 3.44. The van der Waals surface area contributed by atoms with Crippen molar-refractivity contribution in [1.29, 1.82) is 0 Å². The Bertz CT molecular complexity index is 1260. The Balaban J connectivity index is 1.38. The van der Waals surface area contributed by atoms with Gasteiger partial charge in [0.2, 0.25) is 0 Å². The first kappa shape index (κ1) is 22.3. The van der Waals surface area contributed by atoms with Crippen LogP contribution in [-0.2, 0) is 11.2 Å². The SMILES string of the molecule is Nc1ncc(-c2ccc(C3CCOCC3)c([C@@H]3CCCN3)c2)cc1-c1ccc2c(c1)CCNC2=O. The molecule has 6 heteroatoms. The number of anilines is 1. The molecule has 35 heavy (non-hydrogen) atoms. The van der Waals surface area contributed by atoms with Crippen LogP contribution in [0.15, 0.2) is 48.7 Å². The highest BCUT2D eigenvalue weighted by molar-refractivity contribution is 5.97. The van der Waals surface area contributed by atoms with Crippen LogP contribution in [0.2, 0.25) is 0 Å². The second-order valence-corrected chi connectivity index (χ2v) is 9.91. The van der Waals surface area contributed by atoms with Crippen molar-refractivity contribution in [3.05, 3.63) is 70.9 Å². The molecule has 2 fully saturated rings. The van der Waals surface area contributed by atoms with Crippen LogP contribution in [0.1, 0.15) is 64.7 Å². The largest absolute Gasteiger partial charge is 0.383 e. The molecule has 6 rings (SSSR count). The van der Waals surface area contributed by atoms with Crippen LogP contribution in [0, 0.1) is 0 Å². The van der Waals surface area contributed by atoms with E-state index in [-0.39, 0.29) is 5.91 Å². The molecule has 6 nitrogen and oxygen atoms in total. The van der Waals surface area contributed by atoms with Gasteiger partial charge in [0.15, 0.2) is 0 Å². The molecular weight excluding hydrogens is 436 g/mol. The van der Waals surface area contributed by atoms with Crippen LogP contribution in [0.4, 0.5) is 5.82 Å². The number of nitrogen functional groups attached to an aromatic ring is 1. The van der Waals surface area contributed by atoms with Gasteiger partial charge >= 0.3 is 0 Å². The highest BCUT2D eigenvalue weighted by atomic mass is 16.5. The van der Waals surface area contributed by atoms with Gasteiger partial charge in [-0.15, -0.1) is 0 Å². The lowest BCUT2D eigenvalue weighted by Gasteiger charge is -2.27. The second-order valence-electron chi connectivity index (χ2n) is 9.91. The molecule has 0 bridgehead atoms. The maximum absolute atomic E-state index is 12.2. The fraction of sp³-hybridized carbons (Fsp3) is 0.379. The van der Waals surface area contributed by atoms with E-state index < -0.39 is 0 Å². The van der Waals surface area contributed by atoms with Gasteiger partial charge in [-0.2, -0.15) is 0 Å². The van der Waals surface area contributed by atoms with Crippen LogP contribution < -0.4 is 16.4 Å². The second kappa shape index (κ2) is 9.44. The smallest absolute Gasteiger partial charge is 0.251 e. The summed E-state index contributed by atoms with van der Waals surface area (Å²) in [7, 11) is 0. The number of aromatic nitrogens is 1. The number of carbonyl (C=O) groups is 1. The van der Waals surface area contributed by atoms with E-state index in [0.717, 1.165) is 72.4 Å². The highest BCUT2D eigenvalue weighted by Crippen LogP contribution is 2.38. The topological polar surface area (TPSA) is 89.3 Å². The molecule has 2 saturated heterocycles. The number of nitrogens with two attached hydrogens (primary N) is 1. The zero-order valence-electron chi connectivity index (χ0n) is 20.0. The lowest BCUT2D eigenvalue weighted by atomic mass is 9.84. The monoisotopic (exact) mass is 468 g/mol. The van der Waals surface area contributed by atoms with Crippen LogP contribution in [0.25, 0.3) is 22.3 Å². The van der Waals surface area contributed by atoms with Crippen molar-refractivity contribution in [1.82, 2.24) is 15.6 Å². The normalized spacial score (nSPS) is 20.5. The van der Waals surface area contributed by atoms with Crippen molar-refractivity contribution in [2.24, 2.45) is 0 Å². The molecule has 1 aromatic heterocycles. The summed E-state index contributed by atoms with van der Waals surface area (Å²) in [6, 6.07) is 15.4. The molecule has 0 aliphatic carbocycles. The third-order valence-electron chi connectivity index (χ3n) is 7.78. The van der Waals surface area contributed by atoms with Gasteiger partial charge in [-0.3, -0.25) is 4.79 Å². The summed E-state index contributed by atoms with van der Waals surface area (Å²) in [5.74, 6) is 1.06. The number of benzene rings is 2. The first-order chi connectivity index (χ1) is 17.2. The van der Waals surface area contributed by atoms with Gasteiger partial charge in [-0.05, 0) is 90.6 Å². The van der Waals surface area contributed by atoms with Crippen LogP contribution >= 0.6 is 0 Å². The van der Waals surface area contributed by atoms with Crippen molar-refractivity contribution in [2.75, 3.05) is 32.0 Å². The quantitative estimate of drug-likeness (QED) is 0.521. The summed E-state index contributed by atoms with van der Waals surface area (Å²) in [6.07, 6.45) is 7.26. The van der Waals surface area contributed by atoms with Crippen LogP contribution in [-0.4, -0.2) is 37.2 Å². The maximum Gasteiger partial charge on any atom is 0.251 e. The van der Waals surface area contributed by atoms with Gasteiger partial charge in [0.1, 0.15) is 5.82 Å². The Morgan fingerprint density at radius 1 is 0.886 bits per heavy atom. The Morgan fingerprint density at radius 2 is 1.74 bits per heavy atom. The Labute approximate surface area is 206 Å². The van der Waals surface area contributed by atoms with Crippen molar-refractivity contribution in [3.63, 3.8) is 0 Å². The predicted molar refractivity (Wildman–Crippen MR) is 138 cm³/mol. The number of carbonyl (C=O) groups excluding carboxylic acids is 1. The van der Waals surface area contributed by atoms with E-state index >= 15 is 0 Å². The molecule has 3 aliphatic rings. The third-order valence-corrected chi connectivity index (χ3v) is 7.78. The molecule has 3 aromatic rings. The molecule has 0 saturated carbocycles. The van der Waals surface area contributed by atoms with Gasteiger partial charge in [0, 0.05) is 48.7 Å².